The van der Waals surface area contributed by atoms with Crippen LogP contribution in [-0.4, -0.2) is 29.8 Å². The average Bonchev–Trinajstić information content (AvgIpc) is 2.59. The van der Waals surface area contributed by atoms with Crippen LogP contribution in [0.3, 0.4) is 0 Å². The largest absolute Gasteiger partial charge is 0.491 e. The monoisotopic (exact) mass is 347 g/mol. The van der Waals surface area contributed by atoms with Crippen LogP contribution >= 0.6 is 11.6 Å². The van der Waals surface area contributed by atoms with Gasteiger partial charge in [-0.05, 0) is 25.1 Å². The minimum absolute atomic E-state index is 0.0239. The summed E-state index contributed by atoms with van der Waals surface area (Å²) in [5.74, 6) is 0.637. The summed E-state index contributed by atoms with van der Waals surface area (Å²) in [5.41, 5.74) is 0.549. The minimum atomic E-state index is -0.273. The third kappa shape index (κ3) is 4.55. The van der Waals surface area contributed by atoms with E-state index in [2.05, 4.69) is 11.6 Å². The second-order valence-corrected chi connectivity index (χ2v) is 5.51. The Morgan fingerprint density at radius 2 is 2.08 bits per heavy atom. The number of nitrogens with zero attached hydrogens (tertiary/aromatic N) is 1. The van der Waals surface area contributed by atoms with Crippen molar-refractivity contribution in [2.24, 2.45) is 0 Å². The molecule has 0 aliphatic carbocycles. The molecule has 0 saturated heterocycles. The van der Waals surface area contributed by atoms with Crippen molar-refractivity contribution in [3.8, 4) is 0 Å². The first kappa shape index (κ1) is 17.9. The molecule has 1 aromatic heterocycles. The molecule has 2 rings (SSSR count). The number of aromatic nitrogens is 1. The maximum Gasteiger partial charge on any atom is 0.183 e. The lowest BCUT2D eigenvalue weighted by molar-refractivity contribution is -0.115. The predicted octanol–water partition coefficient (Wildman–Crippen LogP) is 3.66. The number of ether oxygens (including phenoxy) is 2. The molecule has 0 radical (unpaired) electrons. The molecule has 24 heavy (non-hydrogen) atoms. The Bertz CT molecular complexity index is 721. The lowest BCUT2D eigenvalue weighted by Crippen LogP contribution is -2.13. The number of hydrogen-bond donors (Lipinski definition) is 0. The molecule has 126 valence electrons. The molecule has 0 N–H and O–H groups in total. The van der Waals surface area contributed by atoms with Crippen LogP contribution in [0.4, 0.5) is 0 Å². The minimum Gasteiger partial charge on any atom is -0.491 e. The predicted molar refractivity (Wildman–Crippen MR) is 90.7 cm³/mol. The number of halogens is 1. The highest BCUT2D eigenvalue weighted by molar-refractivity contribution is 6.33. The normalized spacial score (nSPS) is 14.7. The third-order valence-corrected chi connectivity index (χ3v) is 3.74. The number of allylic oxidation sites excluding steroid dienone is 4. The second kappa shape index (κ2) is 8.45. The van der Waals surface area contributed by atoms with Gasteiger partial charge in [0, 0.05) is 24.6 Å². The van der Waals surface area contributed by atoms with Crippen molar-refractivity contribution in [1.82, 2.24) is 4.98 Å². The van der Waals surface area contributed by atoms with Gasteiger partial charge in [-0.15, -0.1) is 0 Å². The van der Waals surface area contributed by atoms with Crippen LogP contribution in [0, 0.1) is 0 Å². The van der Waals surface area contributed by atoms with Crippen molar-refractivity contribution in [3.63, 3.8) is 0 Å². The zero-order valence-electron chi connectivity index (χ0n) is 13.4. The van der Waals surface area contributed by atoms with Gasteiger partial charge in [-0.25, -0.2) is 0 Å². The molecule has 1 aromatic rings. The van der Waals surface area contributed by atoms with E-state index in [0.717, 1.165) is 0 Å². The average molecular weight is 348 g/mol. The van der Waals surface area contributed by atoms with E-state index in [9.17, 15) is 9.59 Å². The van der Waals surface area contributed by atoms with Crippen LogP contribution in [0.2, 0.25) is 5.02 Å². The molecule has 0 amide bonds. The van der Waals surface area contributed by atoms with Crippen molar-refractivity contribution in [3.05, 3.63) is 64.9 Å². The number of ketones is 2. The molecule has 0 atom stereocenters. The first-order chi connectivity index (χ1) is 11.5. The Morgan fingerprint density at radius 1 is 1.33 bits per heavy atom. The molecule has 6 heteroatoms. The number of carbonyl (C=O) groups excluding carboxylic acids is 2. The fraction of sp³-hybridized carbons (Fsp3) is 0.278. The van der Waals surface area contributed by atoms with Gasteiger partial charge in [-0.3, -0.25) is 14.6 Å². The van der Waals surface area contributed by atoms with Crippen LogP contribution < -0.4 is 0 Å². The molecule has 2 heterocycles. The van der Waals surface area contributed by atoms with Crippen molar-refractivity contribution >= 4 is 23.2 Å². The Balaban J connectivity index is 2.04. The van der Waals surface area contributed by atoms with E-state index in [0.29, 0.717) is 30.3 Å². The first-order valence-electron chi connectivity index (χ1n) is 7.50. The van der Waals surface area contributed by atoms with Crippen molar-refractivity contribution in [2.75, 3.05) is 13.2 Å². The van der Waals surface area contributed by atoms with Gasteiger partial charge in [-0.1, -0.05) is 24.3 Å². The SMILES string of the molecule is C=C/C(=C\C1=C(C)OCCO1)C(=O)CCC(=O)c1ncccc1Cl. The number of rotatable bonds is 7. The summed E-state index contributed by atoms with van der Waals surface area (Å²) in [6.07, 6.45) is 4.58. The lowest BCUT2D eigenvalue weighted by Gasteiger charge is -2.18. The summed E-state index contributed by atoms with van der Waals surface area (Å²) in [4.78, 5) is 28.4. The highest BCUT2D eigenvalue weighted by atomic mass is 35.5. The topological polar surface area (TPSA) is 65.5 Å². The Kier molecular flexibility index (Phi) is 6.32. The Labute approximate surface area is 145 Å². The van der Waals surface area contributed by atoms with Crippen LogP contribution in [0.25, 0.3) is 0 Å². The zero-order valence-corrected chi connectivity index (χ0v) is 14.1. The highest BCUT2D eigenvalue weighted by Gasteiger charge is 2.16. The maximum atomic E-state index is 12.3. The van der Waals surface area contributed by atoms with Gasteiger partial charge in [0.1, 0.15) is 24.7 Å². The molecule has 0 saturated carbocycles. The van der Waals surface area contributed by atoms with Gasteiger partial charge in [0.2, 0.25) is 0 Å². The summed E-state index contributed by atoms with van der Waals surface area (Å²) in [7, 11) is 0. The van der Waals surface area contributed by atoms with Gasteiger partial charge in [-0.2, -0.15) is 0 Å². The molecule has 5 nitrogen and oxygen atoms in total. The smallest absolute Gasteiger partial charge is 0.183 e. The molecular weight excluding hydrogens is 330 g/mol. The number of Topliss-reactive ketones (excluding diaryl/α,β-unsaturated/α-hetero) is 2. The van der Waals surface area contributed by atoms with Crippen LogP contribution in [0.15, 0.2) is 54.2 Å². The first-order valence-corrected chi connectivity index (χ1v) is 7.88. The van der Waals surface area contributed by atoms with Gasteiger partial charge >= 0.3 is 0 Å². The van der Waals surface area contributed by atoms with Gasteiger partial charge in [0.15, 0.2) is 17.3 Å². The van der Waals surface area contributed by atoms with Crippen LogP contribution in [0.5, 0.6) is 0 Å². The number of carbonyl (C=O) groups is 2. The summed E-state index contributed by atoms with van der Waals surface area (Å²) in [5, 5.41) is 0.281. The van der Waals surface area contributed by atoms with E-state index < -0.39 is 0 Å². The third-order valence-electron chi connectivity index (χ3n) is 3.44. The lowest BCUT2D eigenvalue weighted by atomic mass is 10.0. The fourth-order valence-electron chi connectivity index (χ4n) is 2.14. The van der Waals surface area contributed by atoms with E-state index in [1.807, 2.05) is 0 Å². The molecule has 0 fully saturated rings. The van der Waals surface area contributed by atoms with Crippen LogP contribution in [0.1, 0.15) is 30.3 Å². The van der Waals surface area contributed by atoms with Crippen molar-refractivity contribution in [2.45, 2.75) is 19.8 Å². The molecule has 0 aromatic carbocycles. The number of hydrogen-bond acceptors (Lipinski definition) is 5. The molecule has 0 spiro atoms. The Hall–Kier alpha value is -2.40. The van der Waals surface area contributed by atoms with E-state index in [1.54, 1.807) is 25.1 Å². The van der Waals surface area contributed by atoms with E-state index in [-0.39, 0.29) is 35.1 Å². The van der Waals surface area contributed by atoms with E-state index >= 15 is 0 Å². The zero-order chi connectivity index (χ0) is 17.5. The Morgan fingerprint density at radius 3 is 2.75 bits per heavy atom. The summed E-state index contributed by atoms with van der Waals surface area (Å²) in [6, 6.07) is 3.24. The standard InChI is InChI=1S/C18H18ClNO4/c1-3-13(11-17-12(2)23-9-10-24-17)15(21)6-7-16(22)18-14(19)5-4-8-20-18/h3-5,8,11H,1,6-7,9-10H2,2H3/b13-11+. The number of pyridine rings is 1. The van der Waals surface area contributed by atoms with Crippen molar-refractivity contribution < 1.29 is 19.1 Å². The molecule has 1 aliphatic heterocycles. The van der Waals surface area contributed by atoms with Gasteiger partial charge in [0.25, 0.3) is 0 Å². The van der Waals surface area contributed by atoms with Gasteiger partial charge < -0.3 is 9.47 Å². The molecular formula is C18H18ClNO4. The van der Waals surface area contributed by atoms with Crippen molar-refractivity contribution in [1.29, 1.82) is 0 Å². The fourth-order valence-corrected chi connectivity index (χ4v) is 2.36. The second-order valence-electron chi connectivity index (χ2n) is 5.10. The summed E-state index contributed by atoms with van der Waals surface area (Å²) < 4.78 is 10.8. The highest BCUT2D eigenvalue weighted by Crippen LogP contribution is 2.19. The molecule has 0 bridgehead atoms. The molecule has 1 aliphatic rings. The van der Waals surface area contributed by atoms with Crippen LogP contribution in [-0.2, 0) is 14.3 Å². The van der Waals surface area contributed by atoms with Gasteiger partial charge in [0.05, 0.1) is 5.02 Å². The van der Waals surface area contributed by atoms with E-state index in [4.69, 9.17) is 21.1 Å². The quantitative estimate of drug-likeness (QED) is 0.428. The van der Waals surface area contributed by atoms with E-state index in [1.165, 1.54) is 12.3 Å². The summed E-state index contributed by atoms with van der Waals surface area (Å²) >= 11 is 5.94. The maximum absolute atomic E-state index is 12.3. The summed E-state index contributed by atoms with van der Waals surface area (Å²) in [6.45, 7) is 6.33. The molecule has 0 unspecified atom stereocenters.